The van der Waals surface area contributed by atoms with Crippen molar-refractivity contribution in [2.45, 2.75) is 32.7 Å². The molecule has 152 valence electrons. The summed E-state index contributed by atoms with van der Waals surface area (Å²) in [4.78, 5) is 38.9. The highest BCUT2D eigenvalue weighted by molar-refractivity contribution is 5.96. The molecule has 3 rings (SSSR count). The number of nitrogens with one attached hydrogen (secondary N) is 2. The largest absolute Gasteiger partial charge is 0.347 e. The van der Waals surface area contributed by atoms with Crippen molar-refractivity contribution in [3.8, 4) is 0 Å². The first kappa shape index (κ1) is 20.6. The zero-order chi connectivity index (χ0) is 20.8. The van der Waals surface area contributed by atoms with E-state index in [-0.39, 0.29) is 36.7 Å². The van der Waals surface area contributed by atoms with Gasteiger partial charge in [0.15, 0.2) is 0 Å². The molecule has 1 aliphatic rings. The Hall–Kier alpha value is -3.15. The van der Waals surface area contributed by atoms with Gasteiger partial charge in [-0.1, -0.05) is 55.5 Å². The third kappa shape index (κ3) is 5.02. The first-order chi connectivity index (χ1) is 14.0. The minimum atomic E-state index is -0.440. The molecule has 0 saturated carbocycles. The van der Waals surface area contributed by atoms with E-state index in [4.69, 9.17) is 0 Å². The lowest BCUT2D eigenvalue weighted by Crippen LogP contribution is -2.38. The Morgan fingerprint density at radius 3 is 2.52 bits per heavy atom. The number of hydrogen-bond acceptors (Lipinski definition) is 3. The monoisotopic (exact) mass is 393 g/mol. The molecule has 1 aliphatic heterocycles. The highest BCUT2D eigenvalue weighted by atomic mass is 16.2. The maximum absolute atomic E-state index is 12.5. The van der Waals surface area contributed by atoms with Gasteiger partial charge < -0.3 is 15.5 Å². The van der Waals surface area contributed by atoms with Gasteiger partial charge in [0.1, 0.15) is 0 Å². The second kappa shape index (κ2) is 9.37. The van der Waals surface area contributed by atoms with E-state index < -0.39 is 5.92 Å². The molecule has 2 N–H and O–H groups in total. The third-order valence-corrected chi connectivity index (χ3v) is 5.37. The van der Waals surface area contributed by atoms with Crippen LogP contribution in [0.25, 0.3) is 0 Å². The van der Waals surface area contributed by atoms with Gasteiger partial charge in [-0.05, 0) is 30.5 Å². The molecular formula is C23H27N3O3. The molecule has 0 radical (unpaired) electrons. The van der Waals surface area contributed by atoms with Crippen molar-refractivity contribution in [3.63, 3.8) is 0 Å². The van der Waals surface area contributed by atoms with Gasteiger partial charge in [-0.3, -0.25) is 14.4 Å². The summed E-state index contributed by atoms with van der Waals surface area (Å²) in [6.07, 6.45) is 0.978. The van der Waals surface area contributed by atoms with Crippen LogP contribution in [0.3, 0.4) is 0 Å². The van der Waals surface area contributed by atoms with Crippen molar-refractivity contribution in [2.75, 3.05) is 18.4 Å². The molecule has 0 bridgehead atoms. The number of amides is 3. The van der Waals surface area contributed by atoms with Crippen LogP contribution in [0.1, 0.15) is 37.4 Å². The molecule has 1 heterocycles. The van der Waals surface area contributed by atoms with Crippen molar-refractivity contribution in [3.05, 3.63) is 65.7 Å². The highest BCUT2D eigenvalue weighted by Gasteiger charge is 2.37. The van der Waals surface area contributed by atoms with Crippen molar-refractivity contribution in [2.24, 2.45) is 5.92 Å². The fourth-order valence-electron chi connectivity index (χ4n) is 3.65. The van der Waals surface area contributed by atoms with Crippen LogP contribution in [0, 0.1) is 5.92 Å². The number of carbonyl (C=O) groups excluding carboxylic acids is 3. The maximum Gasteiger partial charge on any atom is 0.243 e. The van der Waals surface area contributed by atoms with Crippen LogP contribution in [-0.4, -0.2) is 35.7 Å². The predicted molar refractivity (Wildman–Crippen MR) is 112 cm³/mol. The van der Waals surface area contributed by atoms with Crippen molar-refractivity contribution < 1.29 is 14.4 Å². The summed E-state index contributed by atoms with van der Waals surface area (Å²) in [6, 6.07) is 17.3. The van der Waals surface area contributed by atoms with Crippen LogP contribution in [0.15, 0.2) is 54.6 Å². The highest BCUT2D eigenvalue weighted by Crippen LogP contribution is 2.28. The summed E-state index contributed by atoms with van der Waals surface area (Å²) < 4.78 is 0. The molecule has 0 aromatic heterocycles. The Kier molecular flexibility index (Phi) is 6.65. The second-order valence-electron chi connectivity index (χ2n) is 7.31. The van der Waals surface area contributed by atoms with Crippen LogP contribution in [-0.2, 0) is 20.8 Å². The first-order valence-corrected chi connectivity index (χ1v) is 9.99. The molecule has 3 amide bonds. The summed E-state index contributed by atoms with van der Waals surface area (Å²) >= 11 is 0. The lowest BCUT2D eigenvalue weighted by molar-refractivity contribution is -0.130. The number of hydrogen-bond donors (Lipinski definition) is 2. The molecule has 1 fully saturated rings. The molecule has 0 unspecified atom stereocenters. The molecular weight excluding hydrogens is 366 g/mol. The predicted octanol–water partition coefficient (Wildman–Crippen LogP) is 2.91. The minimum Gasteiger partial charge on any atom is -0.347 e. The van der Waals surface area contributed by atoms with Crippen LogP contribution in [0.2, 0.25) is 0 Å². The summed E-state index contributed by atoms with van der Waals surface area (Å²) in [7, 11) is 0. The number of para-hydroxylation sites is 1. The van der Waals surface area contributed by atoms with E-state index in [2.05, 4.69) is 10.6 Å². The number of benzene rings is 2. The van der Waals surface area contributed by atoms with Gasteiger partial charge >= 0.3 is 0 Å². The first-order valence-electron chi connectivity index (χ1n) is 9.99. The number of rotatable bonds is 7. The van der Waals surface area contributed by atoms with E-state index in [0.717, 1.165) is 23.2 Å². The van der Waals surface area contributed by atoms with Gasteiger partial charge in [0.25, 0.3) is 0 Å². The average Bonchev–Trinajstić information content (AvgIpc) is 3.14. The zero-order valence-electron chi connectivity index (χ0n) is 16.9. The number of anilines is 1. The van der Waals surface area contributed by atoms with Crippen molar-refractivity contribution in [1.29, 1.82) is 0 Å². The van der Waals surface area contributed by atoms with Crippen LogP contribution in [0.5, 0.6) is 0 Å². The van der Waals surface area contributed by atoms with Gasteiger partial charge in [0.2, 0.25) is 17.7 Å². The summed E-state index contributed by atoms with van der Waals surface area (Å²) in [5.74, 6) is -1.02. The van der Waals surface area contributed by atoms with Gasteiger partial charge in [0, 0.05) is 18.7 Å². The molecule has 0 spiro atoms. The van der Waals surface area contributed by atoms with Crippen LogP contribution in [0.4, 0.5) is 5.69 Å². The van der Waals surface area contributed by atoms with Gasteiger partial charge in [-0.25, -0.2) is 0 Å². The van der Waals surface area contributed by atoms with E-state index in [1.54, 1.807) is 4.90 Å². The standard InChI is InChI=1S/C23H27N3O3/c1-3-17-9-7-8-12-20(17)25-21(27)14-24-23(29)19-13-22(28)26(15-19)16(2)18-10-5-4-6-11-18/h4-12,16,19H,3,13-15H2,1-2H3,(H,24,29)(H,25,27)/t16-,19+/m0/s1. The molecule has 2 atom stereocenters. The van der Waals surface area contributed by atoms with Crippen molar-refractivity contribution >= 4 is 23.4 Å². The number of likely N-dealkylation sites (tertiary alicyclic amines) is 1. The molecule has 2 aromatic rings. The molecule has 6 nitrogen and oxygen atoms in total. The number of aryl methyl sites for hydroxylation is 1. The topological polar surface area (TPSA) is 78.5 Å². The lowest BCUT2D eigenvalue weighted by atomic mass is 10.1. The van der Waals surface area contributed by atoms with E-state index in [0.29, 0.717) is 6.54 Å². The Morgan fingerprint density at radius 1 is 1.10 bits per heavy atom. The molecule has 2 aromatic carbocycles. The number of nitrogens with zero attached hydrogens (tertiary/aromatic N) is 1. The second-order valence-corrected chi connectivity index (χ2v) is 7.31. The van der Waals surface area contributed by atoms with E-state index in [1.807, 2.05) is 68.4 Å². The van der Waals surface area contributed by atoms with Gasteiger partial charge in [0.05, 0.1) is 18.5 Å². The third-order valence-electron chi connectivity index (χ3n) is 5.37. The summed E-state index contributed by atoms with van der Waals surface area (Å²) in [5.41, 5.74) is 2.84. The fourth-order valence-corrected chi connectivity index (χ4v) is 3.65. The van der Waals surface area contributed by atoms with E-state index in [1.165, 1.54) is 0 Å². The molecule has 6 heteroatoms. The van der Waals surface area contributed by atoms with Gasteiger partial charge in [-0.2, -0.15) is 0 Å². The zero-order valence-corrected chi connectivity index (χ0v) is 16.9. The minimum absolute atomic E-state index is 0.0390. The summed E-state index contributed by atoms with van der Waals surface area (Å²) in [6.45, 7) is 4.23. The summed E-state index contributed by atoms with van der Waals surface area (Å²) in [5, 5.41) is 5.51. The van der Waals surface area contributed by atoms with E-state index in [9.17, 15) is 14.4 Å². The maximum atomic E-state index is 12.5. The quantitative estimate of drug-likeness (QED) is 0.759. The van der Waals surface area contributed by atoms with Crippen LogP contribution >= 0.6 is 0 Å². The molecule has 1 saturated heterocycles. The normalized spacial score (nSPS) is 17.1. The molecule has 29 heavy (non-hydrogen) atoms. The average molecular weight is 393 g/mol. The smallest absolute Gasteiger partial charge is 0.243 e. The lowest BCUT2D eigenvalue weighted by Gasteiger charge is -2.25. The Balaban J connectivity index is 1.52. The Bertz CT molecular complexity index is 882. The van der Waals surface area contributed by atoms with Crippen molar-refractivity contribution in [1.82, 2.24) is 10.2 Å². The Morgan fingerprint density at radius 2 is 1.79 bits per heavy atom. The van der Waals surface area contributed by atoms with Gasteiger partial charge in [-0.15, -0.1) is 0 Å². The van der Waals surface area contributed by atoms with Crippen LogP contribution < -0.4 is 10.6 Å². The number of carbonyl (C=O) groups is 3. The Labute approximate surface area is 171 Å². The fraction of sp³-hybridized carbons (Fsp3) is 0.348. The van der Waals surface area contributed by atoms with E-state index >= 15 is 0 Å². The molecule has 0 aliphatic carbocycles. The SMILES string of the molecule is CCc1ccccc1NC(=O)CNC(=O)[C@@H]1CC(=O)N([C@@H](C)c2ccccc2)C1.